The van der Waals surface area contributed by atoms with Gasteiger partial charge in [-0.15, -0.1) is 0 Å². The first-order valence-corrected chi connectivity index (χ1v) is 14.1. The molecule has 0 saturated carbocycles. The quantitative estimate of drug-likeness (QED) is 0.479. The number of likely N-dealkylation sites (tertiary alicyclic amines) is 1. The maximum absolute atomic E-state index is 13.5. The number of carbonyl (C=O) groups excluding carboxylic acids is 2. The first-order chi connectivity index (χ1) is 18.6. The average Bonchev–Trinajstić information content (AvgIpc) is 3.61. The summed E-state index contributed by atoms with van der Waals surface area (Å²) >= 11 is 0. The van der Waals surface area contributed by atoms with Gasteiger partial charge in [0.1, 0.15) is 11.4 Å². The highest BCUT2D eigenvalue weighted by molar-refractivity contribution is 5.98. The standard InChI is InChI=1S/C31H37N3O4/c35-29-25-10-2-4-12-28(25)38-22-31(13-5-6-19-37-21-24-9-7-16-34(24)29)14-17-33(18-15-31)30(36)27-20-23-8-1-3-11-26(23)32-27/h1-4,8,10-12,20,24,32H,5-7,9,13-19,21-22H2/t24-/m0/s1. The molecular formula is C31H37N3O4. The number of fused-ring (bicyclic) bond motifs is 3. The number of amides is 2. The van der Waals surface area contributed by atoms with Gasteiger partial charge in [0.05, 0.1) is 24.8 Å². The minimum atomic E-state index is -0.0340. The molecule has 200 valence electrons. The first kappa shape index (κ1) is 25.0. The van der Waals surface area contributed by atoms with Gasteiger partial charge in [0.2, 0.25) is 0 Å². The molecule has 4 heterocycles. The van der Waals surface area contributed by atoms with Crippen molar-refractivity contribution in [3.05, 3.63) is 65.9 Å². The highest BCUT2D eigenvalue weighted by Gasteiger charge is 2.38. The van der Waals surface area contributed by atoms with E-state index in [0.29, 0.717) is 43.3 Å². The normalized spacial score (nSPS) is 22.5. The van der Waals surface area contributed by atoms with E-state index in [0.717, 1.165) is 69.0 Å². The summed E-state index contributed by atoms with van der Waals surface area (Å²) in [4.78, 5) is 34.1. The van der Waals surface area contributed by atoms with E-state index in [2.05, 4.69) is 4.98 Å². The van der Waals surface area contributed by atoms with Crippen LogP contribution in [0.1, 0.15) is 65.8 Å². The highest BCUT2D eigenvalue weighted by Crippen LogP contribution is 2.39. The van der Waals surface area contributed by atoms with Crippen molar-refractivity contribution in [2.24, 2.45) is 5.41 Å². The number of H-pyrrole nitrogens is 1. The number of hydrogen-bond acceptors (Lipinski definition) is 4. The fourth-order valence-corrected chi connectivity index (χ4v) is 6.36. The largest absolute Gasteiger partial charge is 0.492 e. The van der Waals surface area contributed by atoms with Crippen molar-refractivity contribution in [1.82, 2.24) is 14.8 Å². The number of aromatic amines is 1. The molecule has 38 heavy (non-hydrogen) atoms. The van der Waals surface area contributed by atoms with Crippen molar-refractivity contribution >= 4 is 22.7 Å². The van der Waals surface area contributed by atoms with Crippen molar-refractivity contribution in [3.8, 4) is 5.75 Å². The van der Waals surface area contributed by atoms with Gasteiger partial charge in [0, 0.05) is 42.6 Å². The molecule has 0 bridgehead atoms. The second-order valence-corrected chi connectivity index (χ2v) is 11.2. The van der Waals surface area contributed by atoms with Gasteiger partial charge in [0.15, 0.2) is 0 Å². The van der Waals surface area contributed by atoms with Crippen LogP contribution in [0, 0.1) is 5.41 Å². The van der Waals surface area contributed by atoms with E-state index in [1.807, 2.05) is 64.4 Å². The van der Waals surface area contributed by atoms with Gasteiger partial charge in [-0.25, -0.2) is 0 Å². The summed E-state index contributed by atoms with van der Waals surface area (Å²) in [6, 6.07) is 17.7. The molecule has 2 aromatic carbocycles. The molecule has 1 aromatic heterocycles. The summed E-state index contributed by atoms with van der Waals surface area (Å²) in [6.07, 6.45) is 6.85. The van der Waals surface area contributed by atoms with Gasteiger partial charge in [-0.2, -0.15) is 0 Å². The monoisotopic (exact) mass is 515 g/mol. The van der Waals surface area contributed by atoms with E-state index >= 15 is 0 Å². The fourth-order valence-electron chi connectivity index (χ4n) is 6.36. The second kappa shape index (κ2) is 10.8. The Morgan fingerprint density at radius 1 is 0.947 bits per heavy atom. The number of piperidine rings is 1. The molecule has 7 heteroatoms. The summed E-state index contributed by atoms with van der Waals surface area (Å²) in [5.74, 6) is 0.760. The topological polar surface area (TPSA) is 74.9 Å². The third kappa shape index (κ3) is 5.04. The third-order valence-electron chi connectivity index (χ3n) is 8.72. The minimum absolute atomic E-state index is 0.0340. The fraction of sp³-hybridized carbons (Fsp3) is 0.484. The predicted molar refractivity (Wildman–Crippen MR) is 147 cm³/mol. The van der Waals surface area contributed by atoms with E-state index in [-0.39, 0.29) is 23.3 Å². The Balaban J connectivity index is 1.18. The number of nitrogens with zero attached hydrogens (tertiary/aromatic N) is 2. The van der Waals surface area contributed by atoms with Gasteiger partial charge >= 0.3 is 0 Å². The van der Waals surface area contributed by atoms with E-state index in [1.54, 1.807) is 0 Å². The van der Waals surface area contributed by atoms with Gasteiger partial charge < -0.3 is 24.3 Å². The van der Waals surface area contributed by atoms with Crippen LogP contribution in [0.15, 0.2) is 54.6 Å². The van der Waals surface area contributed by atoms with Crippen LogP contribution < -0.4 is 4.74 Å². The molecule has 3 aliphatic rings. The van der Waals surface area contributed by atoms with Gasteiger partial charge in [0.25, 0.3) is 11.8 Å². The number of nitrogens with one attached hydrogen (secondary N) is 1. The van der Waals surface area contributed by atoms with Crippen LogP contribution in [-0.2, 0) is 4.74 Å². The molecule has 2 fully saturated rings. The zero-order valence-corrected chi connectivity index (χ0v) is 22.0. The van der Waals surface area contributed by atoms with Gasteiger partial charge in [-0.3, -0.25) is 9.59 Å². The van der Waals surface area contributed by atoms with Crippen LogP contribution in [0.4, 0.5) is 0 Å². The van der Waals surface area contributed by atoms with Crippen LogP contribution in [0.25, 0.3) is 10.9 Å². The lowest BCUT2D eigenvalue weighted by atomic mass is 9.75. The molecule has 2 amide bonds. The Bertz CT molecular complexity index is 1260. The molecule has 0 aliphatic carbocycles. The Labute approximate surface area is 224 Å². The smallest absolute Gasteiger partial charge is 0.270 e. The number of carbonyl (C=O) groups is 2. The number of rotatable bonds is 1. The number of benzene rings is 2. The summed E-state index contributed by atoms with van der Waals surface area (Å²) in [5, 5.41) is 1.06. The molecule has 1 spiro atoms. The van der Waals surface area contributed by atoms with Crippen LogP contribution in [0.2, 0.25) is 0 Å². The van der Waals surface area contributed by atoms with E-state index in [4.69, 9.17) is 9.47 Å². The molecule has 1 atom stereocenters. The summed E-state index contributed by atoms with van der Waals surface area (Å²) in [6.45, 7) is 4.04. The van der Waals surface area contributed by atoms with Crippen LogP contribution in [-0.4, -0.2) is 72.1 Å². The number of hydrogen-bond donors (Lipinski definition) is 1. The Morgan fingerprint density at radius 3 is 2.63 bits per heavy atom. The molecule has 2 saturated heterocycles. The SMILES string of the molecule is O=C(c1cc2ccccc2[nH]1)N1CCC2(CCCCOC[C@@H]3CCCN3C(=O)c3ccccc3OC2)CC1. The second-order valence-electron chi connectivity index (χ2n) is 11.2. The average molecular weight is 516 g/mol. The summed E-state index contributed by atoms with van der Waals surface area (Å²) < 4.78 is 12.5. The van der Waals surface area contributed by atoms with E-state index in [9.17, 15) is 9.59 Å². The lowest BCUT2D eigenvalue weighted by molar-refractivity contribution is 0.0301. The van der Waals surface area contributed by atoms with Crippen molar-refractivity contribution < 1.29 is 19.1 Å². The molecule has 6 rings (SSSR count). The number of ether oxygens (including phenoxy) is 2. The molecule has 7 nitrogen and oxygen atoms in total. The molecule has 0 unspecified atom stereocenters. The zero-order valence-electron chi connectivity index (χ0n) is 22.0. The molecular weight excluding hydrogens is 478 g/mol. The first-order valence-electron chi connectivity index (χ1n) is 14.1. The Hall–Kier alpha value is -3.32. The summed E-state index contributed by atoms with van der Waals surface area (Å²) in [5.41, 5.74) is 2.24. The van der Waals surface area contributed by atoms with E-state index in [1.165, 1.54) is 0 Å². The van der Waals surface area contributed by atoms with Gasteiger partial charge in [-0.1, -0.05) is 36.8 Å². The summed E-state index contributed by atoms with van der Waals surface area (Å²) in [7, 11) is 0. The van der Waals surface area contributed by atoms with E-state index < -0.39 is 0 Å². The van der Waals surface area contributed by atoms with Crippen molar-refractivity contribution in [2.45, 2.75) is 51.0 Å². The van der Waals surface area contributed by atoms with Crippen LogP contribution in [0.5, 0.6) is 5.75 Å². The predicted octanol–water partition coefficient (Wildman–Crippen LogP) is 5.27. The molecule has 1 N–H and O–H groups in total. The highest BCUT2D eigenvalue weighted by atomic mass is 16.5. The van der Waals surface area contributed by atoms with Crippen LogP contribution in [0.3, 0.4) is 0 Å². The molecule has 3 aromatic rings. The van der Waals surface area contributed by atoms with Crippen molar-refractivity contribution in [2.75, 3.05) is 39.5 Å². The van der Waals surface area contributed by atoms with Crippen molar-refractivity contribution in [3.63, 3.8) is 0 Å². The van der Waals surface area contributed by atoms with Crippen molar-refractivity contribution in [1.29, 1.82) is 0 Å². The van der Waals surface area contributed by atoms with Crippen LogP contribution >= 0.6 is 0 Å². The number of para-hydroxylation sites is 2. The molecule has 3 aliphatic heterocycles. The minimum Gasteiger partial charge on any atom is -0.492 e. The maximum atomic E-state index is 13.5. The third-order valence-corrected chi connectivity index (χ3v) is 8.72. The van der Waals surface area contributed by atoms with Gasteiger partial charge in [-0.05, 0) is 62.8 Å². The lowest BCUT2D eigenvalue weighted by Gasteiger charge is -2.42. The Morgan fingerprint density at radius 2 is 1.76 bits per heavy atom. The maximum Gasteiger partial charge on any atom is 0.270 e. The Kier molecular flexibility index (Phi) is 7.11. The number of aromatic nitrogens is 1. The zero-order chi connectivity index (χ0) is 26.0. The molecule has 0 radical (unpaired) electrons. The lowest BCUT2D eigenvalue weighted by Crippen LogP contribution is -2.46.